The quantitative estimate of drug-likeness (QED) is 0.512. The number of aryl methyl sites for hydroxylation is 3. The van der Waals surface area contributed by atoms with E-state index in [1.807, 2.05) is 52.0 Å². The van der Waals surface area contributed by atoms with E-state index in [4.69, 9.17) is 4.74 Å². The molecule has 146 valence electrons. The summed E-state index contributed by atoms with van der Waals surface area (Å²) < 4.78 is 6.65. The number of aromatic amines is 1. The van der Waals surface area contributed by atoms with Crippen LogP contribution in [-0.2, 0) is 4.74 Å². The average Bonchev–Trinajstić information content (AvgIpc) is 3.10. The number of hydrogen-bond acceptors (Lipinski definition) is 5. The zero-order chi connectivity index (χ0) is 20.4. The molecule has 0 fully saturated rings. The molecule has 0 saturated carbocycles. The Morgan fingerprint density at radius 1 is 1.21 bits per heavy atom. The lowest BCUT2D eigenvalue weighted by Crippen LogP contribution is -2.17. The Hall–Kier alpha value is -2.93. The Bertz CT molecular complexity index is 1100. The Labute approximate surface area is 167 Å². The molecule has 1 aromatic carbocycles. The van der Waals surface area contributed by atoms with Crippen LogP contribution >= 0.6 is 11.3 Å². The van der Waals surface area contributed by atoms with Crippen molar-refractivity contribution in [3.8, 4) is 5.69 Å². The van der Waals surface area contributed by atoms with Gasteiger partial charge in [0.25, 0.3) is 5.56 Å². The number of rotatable bonds is 5. The Morgan fingerprint density at radius 2 is 1.89 bits per heavy atom. The highest BCUT2D eigenvalue weighted by Crippen LogP contribution is 2.35. The molecule has 0 aliphatic heterocycles. The van der Waals surface area contributed by atoms with E-state index in [9.17, 15) is 9.59 Å². The molecule has 0 aliphatic rings. The van der Waals surface area contributed by atoms with Crippen molar-refractivity contribution in [3.63, 3.8) is 0 Å². The minimum atomic E-state index is -0.389. The maximum absolute atomic E-state index is 12.8. The second-order valence-electron chi connectivity index (χ2n) is 6.57. The van der Waals surface area contributed by atoms with Crippen LogP contribution in [-0.4, -0.2) is 28.6 Å². The fraction of sp³-hybridized carbons (Fsp3) is 0.286. The molecular weight excluding hydrogens is 374 g/mol. The van der Waals surface area contributed by atoms with Gasteiger partial charge in [0.15, 0.2) is 0 Å². The lowest BCUT2D eigenvalue weighted by atomic mass is 10.1. The number of benzene rings is 1. The highest BCUT2D eigenvalue weighted by atomic mass is 32.1. The third-order valence-corrected chi connectivity index (χ3v) is 5.68. The van der Waals surface area contributed by atoms with Crippen molar-refractivity contribution in [2.45, 2.75) is 34.6 Å². The number of nitrogens with zero attached hydrogens (tertiary/aromatic N) is 2. The summed E-state index contributed by atoms with van der Waals surface area (Å²) in [6, 6.07) is 7.68. The summed E-state index contributed by atoms with van der Waals surface area (Å²) in [7, 11) is 0. The van der Waals surface area contributed by atoms with Crippen molar-refractivity contribution in [2.24, 2.45) is 4.99 Å². The zero-order valence-corrected chi connectivity index (χ0v) is 17.4. The maximum atomic E-state index is 12.8. The number of esters is 1. The number of H-pyrrole nitrogens is 1. The van der Waals surface area contributed by atoms with E-state index >= 15 is 0 Å². The van der Waals surface area contributed by atoms with Crippen molar-refractivity contribution in [3.05, 3.63) is 67.4 Å². The van der Waals surface area contributed by atoms with E-state index in [0.717, 1.165) is 21.7 Å². The first kappa shape index (κ1) is 19.8. The van der Waals surface area contributed by atoms with E-state index in [0.29, 0.717) is 28.4 Å². The fourth-order valence-corrected chi connectivity index (χ4v) is 3.84. The van der Waals surface area contributed by atoms with Crippen LogP contribution in [0.3, 0.4) is 0 Å². The number of hydrogen-bond donors (Lipinski definition) is 1. The normalized spacial score (nSPS) is 11.3. The van der Waals surface area contributed by atoms with Crippen molar-refractivity contribution >= 4 is 28.5 Å². The molecule has 2 aromatic heterocycles. The molecule has 7 heteroatoms. The molecule has 6 nitrogen and oxygen atoms in total. The first-order chi connectivity index (χ1) is 13.3. The standard InChI is InChI=1S/C21H23N3O3S/c1-6-27-21(26)18-13(3)15(5)28-19(18)22-11-17-14(4)23-24(20(17)25)16-9-7-12(2)8-10-16/h7-11,23H,6H2,1-5H3/b22-11+. The van der Waals surface area contributed by atoms with E-state index in [1.54, 1.807) is 6.92 Å². The molecule has 0 saturated heterocycles. The smallest absolute Gasteiger partial charge is 0.341 e. The van der Waals surface area contributed by atoms with Gasteiger partial charge in [-0.15, -0.1) is 11.3 Å². The molecule has 2 heterocycles. The van der Waals surface area contributed by atoms with Gasteiger partial charge in [0.2, 0.25) is 0 Å². The molecule has 0 spiro atoms. The first-order valence-corrected chi connectivity index (χ1v) is 9.85. The van der Waals surface area contributed by atoms with Crippen LogP contribution < -0.4 is 5.56 Å². The van der Waals surface area contributed by atoms with Gasteiger partial charge in [-0.2, -0.15) is 0 Å². The number of aromatic nitrogens is 2. The second-order valence-corrected chi connectivity index (χ2v) is 7.77. The number of nitrogens with one attached hydrogen (secondary N) is 1. The summed E-state index contributed by atoms with van der Waals surface area (Å²) in [5, 5.41) is 3.64. The third kappa shape index (κ3) is 3.71. The van der Waals surface area contributed by atoms with Gasteiger partial charge in [0.05, 0.1) is 23.4 Å². The van der Waals surface area contributed by atoms with Crippen molar-refractivity contribution in [2.75, 3.05) is 6.61 Å². The largest absolute Gasteiger partial charge is 0.462 e. The van der Waals surface area contributed by atoms with Gasteiger partial charge in [-0.1, -0.05) is 17.7 Å². The van der Waals surface area contributed by atoms with Gasteiger partial charge in [0.1, 0.15) is 5.00 Å². The molecular formula is C21H23N3O3S. The highest BCUT2D eigenvalue weighted by Gasteiger charge is 2.20. The molecule has 0 bridgehead atoms. The Morgan fingerprint density at radius 3 is 2.54 bits per heavy atom. The summed E-state index contributed by atoms with van der Waals surface area (Å²) in [6.45, 7) is 9.71. The van der Waals surface area contributed by atoms with Crippen molar-refractivity contribution < 1.29 is 9.53 Å². The molecule has 0 atom stereocenters. The predicted octanol–water partition coefficient (Wildman–Crippen LogP) is 4.39. The molecule has 1 N–H and O–H groups in total. The minimum Gasteiger partial charge on any atom is -0.462 e. The average molecular weight is 398 g/mol. The van der Waals surface area contributed by atoms with Gasteiger partial charge in [-0.05, 0) is 52.3 Å². The van der Waals surface area contributed by atoms with Crippen LogP contribution in [0.25, 0.3) is 5.69 Å². The van der Waals surface area contributed by atoms with Gasteiger partial charge in [-0.25, -0.2) is 14.5 Å². The molecule has 3 aromatic rings. The SMILES string of the molecule is CCOC(=O)c1c(/N=C/c2c(C)[nH]n(-c3ccc(C)cc3)c2=O)sc(C)c1C. The molecule has 0 aliphatic carbocycles. The van der Waals surface area contributed by atoms with Gasteiger partial charge in [0, 0.05) is 16.8 Å². The van der Waals surface area contributed by atoms with E-state index in [2.05, 4.69) is 10.1 Å². The summed E-state index contributed by atoms with van der Waals surface area (Å²) in [5.41, 5.74) is 4.18. The maximum Gasteiger partial charge on any atom is 0.341 e. The van der Waals surface area contributed by atoms with E-state index < -0.39 is 0 Å². The lowest BCUT2D eigenvalue weighted by Gasteiger charge is -2.02. The van der Waals surface area contributed by atoms with Crippen molar-refractivity contribution in [1.82, 2.24) is 9.78 Å². The van der Waals surface area contributed by atoms with E-state index in [1.165, 1.54) is 22.2 Å². The number of ether oxygens (including phenoxy) is 1. The number of aliphatic imine (C=N–C) groups is 1. The predicted molar refractivity (Wildman–Crippen MR) is 113 cm³/mol. The third-order valence-electron chi connectivity index (χ3n) is 4.57. The lowest BCUT2D eigenvalue weighted by molar-refractivity contribution is 0.0527. The van der Waals surface area contributed by atoms with Crippen molar-refractivity contribution in [1.29, 1.82) is 0 Å². The van der Waals surface area contributed by atoms with Gasteiger partial charge in [-0.3, -0.25) is 9.89 Å². The fourth-order valence-electron chi connectivity index (χ4n) is 2.85. The van der Waals surface area contributed by atoms with Gasteiger partial charge >= 0.3 is 5.97 Å². The van der Waals surface area contributed by atoms with Crippen LogP contribution in [0.5, 0.6) is 0 Å². The van der Waals surface area contributed by atoms with Crippen LogP contribution in [0.2, 0.25) is 0 Å². The molecule has 3 rings (SSSR count). The highest BCUT2D eigenvalue weighted by molar-refractivity contribution is 7.16. The molecule has 0 unspecified atom stereocenters. The van der Waals surface area contributed by atoms with E-state index in [-0.39, 0.29) is 11.5 Å². The number of carbonyl (C=O) groups excluding carboxylic acids is 1. The van der Waals surface area contributed by atoms with Crippen LogP contribution in [0.4, 0.5) is 5.00 Å². The van der Waals surface area contributed by atoms with Crippen LogP contribution in [0.15, 0.2) is 34.1 Å². The monoisotopic (exact) mass is 397 g/mol. The Balaban J connectivity index is 2.00. The summed E-state index contributed by atoms with van der Waals surface area (Å²) in [4.78, 5) is 30.6. The number of carbonyl (C=O) groups is 1. The number of thiophene rings is 1. The molecule has 0 radical (unpaired) electrons. The summed E-state index contributed by atoms with van der Waals surface area (Å²) in [5.74, 6) is -0.389. The second kappa shape index (κ2) is 7.98. The van der Waals surface area contributed by atoms with Crippen LogP contribution in [0.1, 0.15) is 44.5 Å². The first-order valence-electron chi connectivity index (χ1n) is 9.03. The van der Waals surface area contributed by atoms with Crippen LogP contribution in [0, 0.1) is 27.7 Å². The minimum absolute atomic E-state index is 0.187. The zero-order valence-electron chi connectivity index (χ0n) is 16.6. The topological polar surface area (TPSA) is 76.4 Å². The summed E-state index contributed by atoms with van der Waals surface area (Å²) >= 11 is 1.41. The molecule has 0 amide bonds. The Kier molecular flexibility index (Phi) is 5.65. The molecule has 28 heavy (non-hydrogen) atoms. The summed E-state index contributed by atoms with van der Waals surface area (Å²) in [6.07, 6.45) is 1.52. The van der Waals surface area contributed by atoms with Gasteiger partial charge < -0.3 is 4.74 Å².